The third-order valence-corrected chi connectivity index (χ3v) is 3.13. The Morgan fingerprint density at radius 2 is 2.21 bits per heavy atom. The monoisotopic (exact) mass is 322 g/mol. The molecule has 6 heteroatoms. The molecule has 1 aromatic carbocycles. The van der Waals surface area contributed by atoms with Gasteiger partial charge in [0.2, 0.25) is 0 Å². The lowest BCUT2D eigenvalue weighted by atomic mass is 10.2. The van der Waals surface area contributed by atoms with Crippen LogP contribution in [0.2, 0.25) is 0 Å². The average molecular weight is 323 g/mol. The summed E-state index contributed by atoms with van der Waals surface area (Å²) in [4.78, 5) is 12.2. The van der Waals surface area contributed by atoms with Crippen molar-refractivity contribution in [3.05, 3.63) is 40.1 Å². The summed E-state index contributed by atoms with van der Waals surface area (Å²) in [6.07, 6.45) is 2.55. The quantitative estimate of drug-likeness (QED) is 0.853. The molecule has 0 aliphatic heterocycles. The Kier molecular flexibility index (Phi) is 3.90. The number of hydrogen-bond donors (Lipinski definition) is 2. The molecule has 0 saturated heterocycles. The molecule has 1 heterocycles. The van der Waals surface area contributed by atoms with E-state index >= 15 is 0 Å². The Labute approximate surface area is 119 Å². The van der Waals surface area contributed by atoms with Crippen molar-refractivity contribution in [2.24, 2.45) is 7.05 Å². The van der Waals surface area contributed by atoms with Crippen LogP contribution in [0.25, 0.3) is 0 Å². The van der Waals surface area contributed by atoms with Crippen molar-refractivity contribution < 1.29 is 4.79 Å². The number of carbonyl (C=O) groups is 1. The lowest BCUT2D eigenvalue weighted by Crippen LogP contribution is -2.13. The van der Waals surface area contributed by atoms with Gasteiger partial charge in [-0.15, -0.1) is 0 Å². The first-order valence-electron chi connectivity index (χ1n) is 5.89. The van der Waals surface area contributed by atoms with Gasteiger partial charge >= 0.3 is 0 Å². The minimum absolute atomic E-state index is 0.198. The Hall–Kier alpha value is -1.82. The van der Waals surface area contributed by atoms with Gasteiger partial charge in [-0.25, -0.2) is 0 Å². The molecule has 0 spiro atoms. The second-order valence-electron chi connectivity index (χ2n) is 4.24. The Balaban J connectivity index is 2.25. The van der Waals surface area contributed by atoms with Crippen molar-refractivity contribution >= 4 is 33.2 Å². The summed E-state index contributed by atoms with van der Waals surface area (Å²) in [7, 11) is 1.83. The molecular weight excluding hydrogens is 308 g/mol. The van der Waals surface area contributed by atoms with Crippen LogP contribution >= 0.6 is 15.9 Å². The lowest BCUT2D eigenvalue weighted by Gasteiger charge is -2.06. The number of benzene rings is 1. The standard InChI is InChI=1S/C13H15BrN4O/c1-3-11-12(7-18(2)17-11)16-13(19)8-4-9(14)6-10(15)5-8/h4-7H,3,15H2,1-2H3,(H,16,19). The fourth-order valence-electron chi connectivity index (χ4n) is 1.84. The van der Waals surface area contributed by atoms with Crippen LogP contribution in [0.3, 0.4) is 0 Å². The van der Waals surface area contributed by atoms with E-state index < -0.39 is 0 Å². The Morgan fingerprint density at radius 1 is 1.47 bits per heavy atom. The molecular formula is C13H15BrN4O. The maximum atomic E-state index is 12.2. The number of halogens is 1. The van der Waals surface area contributed by atoms with Crippen molar-refractivity contribution in [1.29, 1.82) is 0 Å². The summed E-state index contributed by atoms with van der Waals surface area (Å²) in [6.45, 7) is 2.00. The Bertz CT molecular complexity index is 601. The number of aryl methyl sites for hydroxylation is 2. The molecule has 0 bridgehead atoms. The molecule has 1 aromatic heterocycles. The lowest BCUT2D eigenvalue weighted by molar-refractivity contribution is 0.102. The number of rotatable bonds is 3. The molecule has 2 rings (SSSR count). The SMILES string of the molecule is CCc1nn(C)cc1NC(=O)c1cc(N)cc(Br)c1. The van der Waals surface area contributed by atoms with Crippen molar-refractivity contribution in [2.45, 2.75) is 13.3 Å². The number of amides is 1. The molecule has 0 unspecified atom stereocenters. The van der Waals surface area contributed by atoms with Crippen LogP contribution in [0.1, 0.15) is 23.0 Å². The third-order valence-electron chi connectivity index (χ3n) is 2.67. The maximum absolute atomic E-state index is 12.2. The normalized spacial score (nSPS) is 10.5. The van der Waals surface area contributed by atoms with E-state index in [4.69, 9.17) is 5.73 Å². The number of aromatic nitrogens is 2. The van der Waals surface area contributed by atoms with Gasteiger partial charge in [0.05, 0.1) is 11.4 Å². The molecule has 0 fully saturated rings. The topological polar surface area (TPSA) is 72.9 Å². The van der Waals surface area contributed by atoms with Gasteiger partial charge in [-0.1, -0.05) is 22.9 Å². The van der Waals surface area contributed by atoms with E-state index in [1.807, 2.05) is 14.0 Å². The van der Waals surface area contributed by atoms with Gasteiger partial charge in [-0.3, -0.25) is 9.48 Å². The zero-order valence-electron chi connectivity index (χ0n) is 10.8. The van der Waals surface area contributed by atoms with Crippen molar-refractivity contribution in [2.75, 3.05) is 11.1 Å². The summed E-state index contributed by atoms with van der Waals surface area (Å²) in [5.41, 5.74) is 8.37. The highest BCUT2D eigenvalue weighted by Gasteiger charge is 2.12. The third kappa shape index (κ3) is 3.14. The molecule has 19 heavy (non-hydrogen) atoms. The van der Waals surface area contributed by atoms with E-state index in [1.54, 1.807) is 29.1 Å². The summed E-state index contributed by atoms with van der Waals surface area (Å²) in [5, 5.41) is 7.13. The molecule has 0 atom stereocenters. The van der Waals surface area contributed by atoms with Gasteiger partial charge in [-0.2, -0.15) is 5.10 Å². The highest BCUT2D eigenvalue weighted by atomic mass is 79.9. The van der Waals surface area contributed by atoms with Crippen molar-refractivity contribution in [3.8, 4) is 0 Å². The summed E-state index contributed by atoms with van der Waals surface area (Å²) >= 11 is 3.32. The van der Waals surface area contributed by atoms with Crippen LogP contribution in [0.5, 0.6) is 0 Å². The van der Waals surface area contributed by atoms with Gasteiger partial charge < -0.3 is 11.1 Å². The van der Waals surface area contributed by atoms with Crippen LogP contribution in [-0.2, 0) is 13.5 Å². The fourth-order valence-corrected chi connectivity index (χ4v) is 2.35. The molecule has 0 aliphatic carbocycles. The van der Waals surface area contributed by atoms with Gasteiger partial charge in [0.15, 0.2) is 0 Å². The number of anilines is 2. The van der Waals surface area contributed by atoms with E-state index in [0.717, 1.165) is 22.3 Å². The van der Waals surface area contributed by atoms with Crippen LogP contribution in [0.4, 0.5) is 11.4 Å². The highest BCUT2D eigenvalue weighted by molar-refractivity contribution is 9.10. The Morgan fingerprint density at radius 3 is 2.84 bits per heavy atom. The summed E-state index contributed by atoms with van der Waals surface area (Å²) in [5.74, 6) is -0.198. The number of nitrogens with zero attached hydrogens (tertiary/aromatic N) is 2. The van der Waals surface area contributed by atoms with Crippen molar-refractivity contribution in [3.63, 3.8) is 0 Å². The first kappa shape index (κ1) is 13.6. The van der Waals surface area contributed by atoms with Crippen LogP contribution < -0.4 is 11.1 Å². The van der Waals surface area contributed by atoms with Gasteiger partial charge in [0.25, 0.3) is 5.91 Å². The largest absolute Gasteiger partial charge is 0.399 e. The first-order chi connectivity index (χ1) is 8.99. The number of nitrogens with two attached hydrogens (primary N) is 1. The van der Waals surface area contributed by atoms with Gasteiger partial charge in [0.1, 0.15) is 0 Å². The second kappa shape index (κ2) is 5.44. The first-order valence-corrected chi connectivity index (χ1v) is 6.69. The van der Waals surface area contributed by atoms with E-state index in [0.29, 0.717) is 11.3 Å². The van der Waals surface area contributed by atoms with E-state index in [1.165, 1.54) is 0 Å². The second-order valence-corrected chi connectivity index (χ2v) is 5.16. The fraction of sp³-hybridized carbons (Fsp3) is 0.231. The smallest absolute Gasteiger partial charge is 0.255 e. The predicted molar refractivity (Wildman–Crippen MR) is 79.1 cm³/mol. The minimum Gasteiger partial charge on any atom is -0.399 e. The van der Waals surface area contributed by atoms with Gasteiger partial charge in [-0.05, 0) is 24.6 Å². The molecule has 5 nitrogen and oxygen atoms in total. The van der Waals surface area contributed by atoms with Crippen LogP contribution in [0.15, 0.2) is 28.9 Å². The van der Waals surface area contributed by atoms with Crippen LogP contribution in [0, 0.1) is 0 Å². The van der Waals surface area contributed by atoms with E-state index in [-0.39, 0.29) is 5.91 Å². The van der Waals surface area contributed by atoms with Crippen molar-refractivity contribution in [1.82, 2.24) is 9.78 Å². The highest BCUT2D eigenvalue weighted by Crippen LogP contribution is 2.20. The number of nitrogens with one attached hydrogen (secondary N) is 1. The summed E-state index contributed by atoms with van der Waals surface area (Å²) in [6, 6.07) is 5.12. The minimum atomic E-state index is -0.198. The molecule has 0 saturated carbocycles. The van der Waals surface area contributed by atoms with Gasteiger partial charge in [0, 0.05) is 29.0 Å². The molecule has 2 aromatic rings. The van der Waals surface area contributed by atoms with E-state index in [2.05, 4.69) is 26.3 Å². The van der Waals surface area contributed by atoms with E-state index in [9.17, 15) is 4.79 Å². The number of nitrogen functional groups attached to an aromatic ring is 1. The zero-order chi connectivity index (χ0) is 14.0. The zero-order valence-corrected chi connectivity index (χ0v) is 12.4. The average Bonchev–Trinajstić information content (AvgIpc) is 2.68. The molecule has 3 N–H and O–H groups in total. The molecule has 0 radical (unpaired) electrons. The predicted octanol–water partition coefficient (Wildman–Crippen LogP) is 2.58. The number of carbonyl (C=O) groups excluding carboxylic acids is 1. The molecule has 1 amide bonds. The van der Waals surface area contributed by atoms with Crippen LogP contribution in [-0.4, -0.2) is 15.7 Å². The maximum Gasteiger partial charge on any atom is 0.255 e. The molecule has 100 valence electrons. The summed E-state index contributed by atoms with van der Waals surface area (Å²) < 4.78 is 2.46. The molecule has 0 aliphatic rings. The number of hydrogen-bond acceptors (Lipinski definition) is 3.